The third-order valence-electron chi connectivity index (χ3n) is 3.61. The molecular formula is C14H19F3N2O3S. The van der Waals surface area contributed by atoms with E-state index in [1.165, 1.54) is 4.31 Å². The van der Waals surface area contributed by atoms with Gasteiger partial charge in [0.1, 0.15) is 6.10 Å². The molecule has 1 atom stereocenters. The van der Waals surface area contributed by atoms with Crippen molar-refractivity contribution in [2.75, 3.05) is 18.8 Å². The molecule has 1 unspecified atom stereocenters. The fourth-order valence-corrected chi connectivity index (χ4v) is 4.01. The van der Waals surface area contributed by atoms with Crippen molar-refractivity contribution in [1.29, 1.82) is 0 Å². The molecule has 0 bridgehead atoms. The second-order valence-corrected chi connectivity index (χ2v) is 7.53. The SMILES string of the molecule is CCCCS(=O)(=O)N1CCC(Oc2cc(C(F)(F)F)ccn2)C1. The molecule has 1 aromatic heterocycles. The number of aromatic nitrogens is 1. The minimum atomic E-state index is -4.47. The second kappa shape index (κ2) is 7.04. The zero-order chi connectivity index (χ0) is 17.1. The Morgan fingerprint density at radius 2 is 2.17 bits per heavy atom. The molecule has 0 N–H and O–H groups in total. The van der Waals surface area contributed by atoms with Crippen molar-refractivity contribution >= 4 is 10.0 Å². The molecule has 0 saturated carbocycles. The average molecular weight is 352 g/mol. The molecule has 0 aliphatic carbocycles. The molecule has 0 amide bonds. The molecule has 1 aromatic rings. The van der Waals surface area contributed by atoms with Crippen LogP contribution >= 0.6 is 0 Å². The van der Waals surface area contributed by atoms with E-state index in [0.29, 0.717) is 19.4 Å². The van der Waals surface area contributed by atoms with Gasteiger partial charge in [0.05, 0.1) is 17.9 Å². The smallest absolute Gasteiger partial charge is 0.416 e. The Hall–Kier alpha value is -1.35. The normalized spacial score (nSPS) is 19.9. The predicted octanol–water partition coefficient (Wildman–Crippen LogP) is 2.68. The molecule has 2 rings (SSSR count). The van der Waals surface area contributed by atoms with Crippen molar-refractivity contribution in [2.45, 2.75) is 38.5 Å². The average Bonchev–Trinajstić information content (AvgIpc) is 2.94. The summed E-state index contributed by atoms with van der Waals surface area (Å²) < 4.78 is 68.9. The second-order valence-electron chi connectivity index (χ2n) is 5.44. The highest BCUT2D eigenvalue weighted by molar-refractivity contribution is 7.89. The largest absolute Gasteiger partial charge is 0.473 e. The van der Waals surface area contributed by atoms with E-state index in [1.807, 2.05) is 6.92 Å². The lowest BCUT2D eigenvalue weighted by molar-refractivity contribution is -0.137. The molecule has 23 heavy (non-hydrogen) atoms. The Bertz CT molecular complexity index is 634. The first-order valence-corrected chi connectivity index (χ1v) is 9.01. The highest BCUT2D eigenvalue weighted by Gasteiger charge is 2.34. The fourth-order valence-electron chi connectivity index (χ4n) is 2.32. The van der Waals surface area contributed by atoms with Crippen molar-refractivity contribution < 1.29 is 26.3 Å². The number of halogens is 3. The van der Waals surface area contributed by atoms with Crippen LogP contribution in [0.3, 0.4) is 0 Å². The minimum absolute atomic E-state index is 0.0814. The summed E-state index contributed by atoms with van der Waals surface area (Å²) in [5, 5.41) is 0. The van der Waals surface area contributed by atoms with Crippen LogP contribution in [0.5, 0.6) is 5.88 Å². The van der Waals surface area contributed by atoms with E-state index in [9.17, 15) is 21.6 Å². The van der Waals surface area contributed by atoms with Crippen LogP contribution < -0.4 is 4.74 Å². The molecule has 9 heteroatoms. The van der Waals surface area contributed by atoms with Crippen molar-refractivity contribution in [2.24, 2.45) is 0 Å². The van der Waals surface area contributed by atoms with Crippen molar-refractivity contribution in [3.05, 3.63) is 23.9 Å². The lowest BCUT2D eigenvalue weighted by atomic mass is 10.2. The molecule has 130 valence electrons. The van der Waals surface area contributed by atoms with Gasteiger partial charge in [-0.2, -0.15) is 17.5 Å². The Labute approximate surface area is 133 Å². The molecule has 1 aliphatic rings. The van der Waals surface area contributed by atoms with E-state index in [1.54, 1.807) is 0 Å². The van der Waals surface area contributed by atoms with Crippen molar-refractivity contribution in [3.63, 3.8) is 0 Å². The van der Waals surface area contributed by atoms with E-state index in [2.05, 4.69) is 4.98 Å². The van der Waals surface area contributed by atoms with Gasteiger partial charge in [-0.15, -0.1) is 0 Å². The predicted molar refractivity (Wildman–Crippen MR) is 78.5 cm³/mol. The fraction of sp³-hybridized carbons (Fsp3) is 0.643. The Kier molecular flexibility index (Phi) is 5.51. The summed E-state index contributed by atoms with van der Waals surface area (Å²) >= 11 is 0. The molecule has 1 fully saturated rings. The van der Waals surface area contributed by atoms with Gasteiger partial charge < -0.3 is 4.74 Å². The van der Waals surface area contributed by atoms with Gasteiger partial charge in [-0.3, -0.25) is 0 Å². The Balaban J connectivity index is 1.98. The maximum Gasteiger partial charge on any atom is 0.416 e. The summed E-state index contributed by atoms with van der Waals surface area (Å²) in [5.74, 6) is -0.0597. The Morgan fingerprint density at radius 1 is 1.43 bits per heavy atom. The highest BCUT2D eigenvalue weighted by Crippen LogP contribution is 2.31. The topological polar surface area (TPSA) is 59.5 Å². The molecule has 0 radical (unpaired) electrons. The zero-order valence-corrected chi connectivity index (χ0v) is 13.5. The van der Waals surface area contributed by atoms with Gasteiger partial charge in [0.2, 0.25) is 15.9 Å². The number of ether oxygens (including phenoxy) is 1. The molecule has 2 heterocycles. The number of rotatable bonds is 6. The third-order valence-corrected chi connectivity index (χ3v) is 5.53. The van der Waals surface area contributed by atoms with E-state index in [-0.39, 0.29) is 18.2 Å². The molecule has 1 aliphatic heterocycles. The van der Waals surface area contributed by atoms with Crippen LogP contribution in [0.15, 0.2) is 18.3 Å². The molecule has 0 aromatic carbocycles. The molecule has 5 nitrogen and oxygen atoms in total. The summed E-state index contributed by atoms with van der Waals surface area (Å²) in [6.45, 7) is 2.37. The molecule has 0 spiro atoms. The van der Waals surface area contributed by atoms with Crippen LogP contribution in [-0.2, 0) is 16.2 Å². The summed E-state index contributed by atoms with van der Waals surface area (Å²) in [6, 6.07) is 1.69. The maximum absolute atomic E-state index is 12.6. The number of pyridine rings is 1. The van der Waals surface area contributed by atoms with Gasteiger partial charge >= 0.3 is 6.18 Å². The van der Waals surface area contributed by atoms with Crippen LogP contribution in [-0.4, -0.2) is 42.7 Å². The first-order valence-electron chi connectivity index (χ1n) is 7.40. The van der Waals surface area contributed by atoms with Crippen LogP contribution in [0.4, 0.5) is 13.2 Å². The van der Waals surface area contributed by atoms with Crippen LogP contribution in [0.25, 0.3) is 0 Å². The van der Waals surface area contributed by atoms with Gasteiger partial charge in [-0.1, -0.05) is 13.3 Å². The number of hydrogen-bond acceptors (Lipinski definition) is 4. The lowest BCUT2D eigenvalue weighted by Gasteiger charge is -2.17. The van der Waals surface area contributed by atoms with Gasteiger partial charge in [-0.25, -0.2) is 13.4 Å². The van der Waals surface area contributed by atoms with Crippen LogP contribution in [0.2, 0.25) is 0 Å². The summed E-state index contributed by atoms with van der Waals surface area (Å²) in [6.07, 6.45) is -2.12. The summed E-state index contributed by atoms with van der Waals surface area (Å²) in [4.78, 5) is 3.76. The highest BCUT2D eigenvalue weighted by atomic mass is 32.2. The van der Waals surface area contributed by atoms with Crippen molar-refractivity contribution in [1.82, 2.24) is 9.29 Å². The van der Waals surface area contributed by atoms with Gasteiger partial charge in [0.25, 0.3) is 0 Å². The number of unbranched alkanes of at least 4 members (excludes halogenated alkanes) is 1. The molecule has 1 saturated heterocycles. The van der Waals surface area contributed by atoms with Crippen LogP contribution in [0, 0.1) is 0 Å². The van der Waals surface area contributed by atoms with E-state index >= 15 is 0 Å². The van der Waals surface area contributed by atoms with Crippen molar-refractivity contribution in [3.8, 4) is 5.88 Å². The number of hydrogen-bond donors (Lipinski definition) is 0. The van der Waals surface area contributed by atoms with Gasteiger partial charge in [0, 0.05) is 18.8 Å². The van der Waals surface area contributed by atoms with Crippen LogP contribution in [0.1, 0.15) is 31.7 Å². The minimum Gasteiger partial charge on any atom is -0.473 e. The monoisotopic (exact) mass is 352 g/mol. The maximum atomic E-state index is 12.6. The number of alkyl halides is 3. The summed E-state index contributed by atoms with van der Waals surface area (Å²) in [7, 11) is -3.33. The third kappa shape index (κ3) is 4.81. The summed E-state index contributed by atoms with van der Waals surface area (Å²) in [5.41, 5.74) is -0.840. The first-order chi connectivity index (χ1) is 10.7. The van der Waals surface area contributed by atoms with E-state index in [4.69, 9.17) is 4.74 Å². The number of nitrogens with zero attached hydrogens (tertiary/aromatic N) is 2. The lowest BCUT2D eigenvalue weighted by Crippen LogP contribution is -2.32. The van der Waals surface area contributed by atoms with Gasteiger partial charge in [-0.05, 0) is 18.9 Å². The van der Waals surface area contributed by atoms with E-state index < -0.39 is 27.9 Å². The first kappa shape index (κ1) is 18.0. The number of sulfonamides is 1. The van der Waals surface area contributed by atoms with E-state index in [0.717, 1.165) is 24.8 Å². The quantitative estimate of drug-likeness (QED) is 0.790. The Morgan fingerprint density at radius 3 is 2.83 bits per heavy atom. The molecular weight excluding hydrogens is 333 g/mol. The van der Waals surface area contributed by atoms with Gasteiger partial charge in [0.15, 0.2) is 0 Å². The standard InChI is InChI=1S/C14H19F3N2O3S/c1-2-3-8-23(20,21)19-7-5-12(10-19)22-13-9-11(4-6-18-13)14(15,16)17/h4,6,9,12H,2-3,5,7-8,10H2,1H3. The zero-order valence-electron chi connectivity index (χ0n) is 12.7.